The second-order valence-electron chi connectivity index (χ2n) is 3.80. The lowest BCUT2D eigenvalue weighted by Crippen LogP contribution is -2.34. The summed E-state index contributed by atoms with van der Waals surface area (Å²) in [6.07, 6.45) is 1.65. The van der Waals surface area contributed by atoms with E-state index in [1.165, 1.54) is 0 Å². The maximum Gasteiger partial charge on any atom is 0.224 e. The number of carbonyl (C=O) groups is 1. The minimum atomic E-state index is -0.0883. The number of amides is 1. The van der Waals surface area contributed by atoms with Gasteiger partial charge in [-0.15, -0.1) is 0 Å². The van der Waals surface area contributed by atoms with E-state index >= 15 is 0 Å². The van der Waals surface area contributed by atoms with Crippen LogP contribution in [0.2, 0.25) is 0 Å². The highest BCUT2D eigenvalue weighted by Gasteiger charge is 2.15. The summed E-state index contributed by atoms with van der Waals surface area (Å²) in [6, 6.07) is 3.71. The molecular formula is C11H18N4O. The average molecular weight is 222 g/mol. The topological polar surface area (TPSA) is 71.2 Å². The van der Waals surface area contributed by atoms with Crippen molar-refractivity contribution < 1.29 is 4.79 Å². The van der Waals surface area contributed by atoms with Gasteiger partial charge in [0.2, 0.25) is 5.91 Å². The lowest BCUT2D eigenvalue weighted by Gasteiger charge is -2.23. The molecule has 16 heavy (non-hydrogen) atoms. The molecule has 0 spiro atoms. The van der Waals surface area contributed by atoms with E-state index in [0.29, 0.717) is 12.4 Å². The van der Waals surface area contributed by atoms with Crippen molar-refractivity contribution in [2.24, 2.45) is 5.92 Å². The summed E-state index contributed by atoms with van der Waals surface area (Å²) in [6.45, 7) is 2.48. The average Bonchev–Trinajstić information content (AvgIpc) is 2.28. The van der Waals surface area contributed by atoms with E-state index in [-0.39, 0.29) is 11.8 Å². The fraction of sp³-hybridized carbons (Fsp3) is 0.455. The molecule has 0 saturated carbocycles. The first-order valence-corrected chi connectivity index (χ1v) is 5.19. The van der Waals surface area contributed by atoms with Crippen LogP contribution in [0, 0.1) is 5.92 Å². The molecule has 5 heteroatoms. The van der Waals surface area contributed by atoms with Crippen molar-refractivity contribution in [2.75, 3.05) is 31.3 Å². The fourth-order valence-corrected chi connectivity index (χ4v) is 1.57. The Labute approximate surface area is 95.7 Å². The zero-order chi connectivity index (χ0) is 12.1. The molecule has 1 atom stereocenters. The summed E-state index contributed by atoms with van der Waals surface area (Å²) >= 11 is 0. The highest BCUT2D eigenvalue weighted by atomic mass is 16.1. The van der Waals surface area contributed by atoms with Crippen molar-refractivity contribution in [3.8, 4) is 0 Å². The number of rotatable bonds is 4. The number of carbonyl (C=O) groups excluding carboxylic acids is 1. The van der Waals surface area contributed by atoms with E-state index in [1.54, 1.807) is 13.2 Å². The van der Waals surface area contributed by atoms with Gasteiger partial charge in [0.25, 0.3) is 0 Å². The molecule has 1 aromatic rings. The van der Waals surface area contributed by atoms with Crippen LogP contribution in [0.25, 0.3) is 0 Å². The SMILES string of the molecule is CNC(=O)C(C)CN(C)c1cccnc1N. The smallest absolute Gasteiger partial charge is 0.224 e. The number of nitrogens with two attached hydrogens (primary N) is 1. The molecule has 0 radical (unpaired) electrons. The van der Waals surface area contributed by atoms with Gasteiger partial charge in [0, 0.05) is 26.8 Å². The van der Waals surface area contributed by atoms with Crippen LogP contribution in [-0.2, 0) is 4.79 Å². The van der Waals surface area contributed by atoms with Crippen LogP contribution in [0.4, 0.5) is 11.5 Å². The molecule has 1 rings (SSSR count). The normalized spacial score (nSPS) is 11.9. The molecule has 1 aromatic heterocycles. The zero-order valence-corrected chi connectivity index (χ0v) is 9.90. The maximum absolute atomic E-state index is 11.4. The first-order valence-electron chi connectivity index (χ1n) is 5.19. The van der Waals surface area contributed by atoms with Crippen LogP contribution in [0.15, 0.2) is 18.3 Å². The number of anilines is 2. The number of nitrogens with zero attached hydrogens (tertiary/aromatic N) is 2. The molecule has 0 saturated heterocycles. The first-order chi connectivity index (χ1) is 7.56. The van der Waals surface area contributed by atoms with Crippen LogP contribution in [-0.4, -0.2) is 31.5 Å². The third-order valence-electron chi connectivity index (χ3n) is 2.47. The lowest BCUT2D eigenvalue weighted by molar-refractivity contribution is -0.123. The van der Waals surface area contributed by atoms with Gasteiger partial charge in [0.15, 0.2) is 0 Å². The zero-order valence-electron chi connectivity index (χ0n) is 9.90. The molecule has 5 nitrogen and oxygen atoms in total. The molecule has 1 unspecified atom stereocenters. The van der Waals surface area contributed by atoms with Crippen LogP contribution >= 0.6 is 0 Å². The Hall–Kier alpha value is -1.78. The van der Waals surface area contributed by atoms with Crippen molar-refractivity contribution in [1.29, 1.82) is 0 Å². The Morgan fingerprint density at radius 1 is 1.69 bits per heavy atom. The largest absolute Gasteiger partial charge is 0.382 e. The van der Waals surface area contributed by atoms with Crippen LogP contribution in [0.1, 0.15) is 6.92 Å². The highest BCUT2D eigenvalue weighted by Crippen LogP contribution is 2.19. The van der Waals surface area contributed by atoms with Gasteiger partial charge in [0.1, 0.15) is 5.82 Å². The predicted octanol–water partition coefficient (Wildman–Crippen LogP) is 0.482. The van der Waals surface area contributed by atoms with Gasteiger partial charge in [-0.3, -0.25) is 4.79 Å². The molecule has 0 aromatic carbocycles. The van der Waals surface area contributed by atoms with Gasteiger partial charge in [0.05, 0.1) is 11.6 Å². The number of hydrogen-bond acceptors (Lipinski definition) is 4. The Morgan fingerprint density at radius 3 is 2.94 bits per heavy atom. The minimum absolute atomic E-state index is 0.0225. The fourth-order valence-electron chi connectivity index (χ4n) is 1.57. The summed E-state index contributed by atoms with van der Waals surface area (Å²) < 4.78 is 0. The molecule has 88 valence electrons. The van der Waals surface area contributed by atoms with Gasteiger partial charge >= 0.3 is 0 Å². The summed E-state index contributed by atoms with van der Waals surface area (Å²) in [5.41, 5.74) is 6.60. The maximum atomic E-state index is 11.4. The van der Waals surface area contributed by atoms with Crippen molar-refractivity contribution in [1.82, 2.24) is 10.3 Å². The standard InChI is InChI=1S/C11H18N4O/c1-8(11(16)13-2)7-15(3)9-5-4-6-14-10(9)12/h4-6,8H,7H2,1-3H3,(H2,12,14)(H,13,16). The third-order valence-corrected chi connectivity index (χ3v) is 2.47. The van der Waals surface area contributed by atoms with Gasteiger partial charge in [-0.05, 0) is 12.1 Å². The van der Waals surface area contributed by atoms with E-state index < -0.39 is 0 Å². The van der Waals surface area contributed by atoms with E-state index in [0.717, 1.165) is 5.69 Å². The Balaban J connectivity index is 2.69. The summed E-state index contributed by atoms with van der Waals surface area (Å²) in [5.74, 6) is 0.415. The second kappa shape index (κ2) is 5.34. The van der Waals surface area contributed by atoms with E-state index in [9.17, 15) is 4.79 Å². The Bertz CT molecular complexity index is 367. The molecule has 0 aliphatic heterocycles. The van der Waals surface area contributed by atoms with Crippen LogP contribution < -0.4 is 16.0 Å². The van der Waals surface area contributed by atoms with Gasteiger partial charge in [-0.2, -0.15) is 0 Å². The predicted molar refractivity (Wildman–Crippen MR) is 65.2 cm³/mol. The first kappa shape index (κ1) is 12.3. The van der Waals surface area contributed by atoms with E-state index in [1.807, 2.05) is 31.0 Å². The Morgan fingerprint density at radius 2 is 2.38 bits per heavy atom. The van der Waals surface area contributed by atoms with Crippen molar-refractivity contribution in [2.45, 2.75) is 6.92 Å². The molecule has 3 N–H and O–H groups in total. The summed E-state index contributed by atoms with van der Waals surface area (Å²) in [5, 5.41) is 2.62. The van der Waals surface area contributed by atoms with Gasteiger partial charge < -0.3 is 16.0 Å². The number of nitrogen functional groups attached to an aromatic ring is 1. The van der Waals surface area contributed by atoms with Crippen molar-refractivity contribution >= 4 is 17.4 Å². The molecular weight excluding hydrogens is 204 g/mol. The van der Waals surface area contributed by atoms with E-state index in [2.05, 4.69) is 10.3 Å². The molecule has 0 bridgehead atoms. The molecule has 0 aliphatic rings. The molecule has 0 fully saturated rings. The Kier molecular flexibility index (Phi) is 4.10. The van der Waals surface area contributed by atoms with Crippen LogP contribution in [0.3, 0.4) is 0 Å². The molecule has 0 aliphatic carbocycles. The number of aromatic nitrogens is 1. The molecule has 1 amide bonds. The van der Waals surface area contributed by atoms with Crippen molar-refractivity contribution in [3.05, 3.63) is 18.3 Å². The second-order valence-corrected chi connectivity index (χ2v) is 3.80. The quantitative estimate of drug-likeness (QED) is 0.777. The van der Waals surface area contributed by atoms with Gasteiger partial charge in [-0.25, -0.2) is 4.98 Å². The summed E-state index contributed by atoms with van der Waals surface area (Å²) in [7, 11) is 3.53. The number of hydrogen-bond donors (Lipinski definition) is 2. The molecule has 1 heterocycles. The summed E-state index contributed by atoms with van der Waals surface area (Å²) in [4.78, 5) is 17.3. The van der Waals surface area contributed by atoms with Gasteiger partial charge in [-0.1, -0.05) is 6.92 Å². The van der Waals surface area contributed by atoms with Crippen LogP contribution in [0.5, 0.6) is 0 Å². The number of pyridine rings is 1. The number of nitrogens with one attached hydrogen (secondary N) is 1. The lowest BCUT2D eigenvalue weighted by atomic mass is 10.1. The minimum Gasteiger partial charge on any atom is -0.382 e. The van der Waals surface area contributed by atoms with Crippen molar-refractivity contribution in [3.63, 3.8) is 0 Å². The highest BCUT2D eigenvalue weighted by molar-refractivity contribution is 5.78. The third kappa shape index (κ3) is 2.85. The van der Waals surface area contributed by atoms with E-state index in [4.69, 9.17) is 5.73 Å². The monoisotopic (exact) mass is 222 g/mol.